The van der Waals surface area contributed by atoms with Gasteiger partial charge in [0.05, 0.1) is 15.2 Å². The molecular formula is C13H11BrN2O2S. The lowest BCUT2D eigenvalue weighted by molar-refractivity contribution is 0.0965. The smallest absolute Gasteiger partial charge is 0.251 e. The Balaban J connectivity index is 1.80. The highest BCUT2D eigenvalue weighted by Gasteiger charge is 2.21. The molecule has 1 amide bonds. The Morgan fingerprint density at radius 3 is 3.11 bits per heavy atom. The van der Waals surface area contributed by atoms with Crippen molar-refractivity contribution in [3.8, 4) is 5.75 Å². The Kier molecular flexibility index (Phi) is 3.28. The molecule has 0 saturated heterocycles. The molecule has 2 aromatic rings. The van der Waals surface area contributed by atoms with Gasteiger partial charge in [0.1, 0.15) is 12.4 Å². The van der Waals surface area contributed by atoms with Crippen molar-refractivity contribution >= 4 is 33.2 Å². The van der Waals surface area contributed by atoms with E-state index in [2.05, 4.69) is 26.2 Å². The van der Waals surface area contributed by atoms with Gasteiger partial charge in [-0.15, -0.1) is 11.3 Å². The molecule has 0 saturated carbocycles. The van der Waals surface area contributed by atoms with Crippen LogP contribution in [0.3, 0.4) is 0 Å². The molecule has 4 nitrogen and oxygen atoms in total. The molecule has 0 fully saturated rings. The molecule has 0 bridgehead atoms. The van der Waals surface area contributed by atoms with Crippen molar-refractivity contribution in [1.29, 1.82) is 0 Å². The molecule has 2 heterocycles. The SMILES string of the molecule is Cc1nc(COc2cc3c(cc2Br)C(=O)NC3)cs1. The van der Waals surface area contributed by atoms with E-state index in [-0.39, 0.29) is 5.91 Å². The van der Waals surface area contributed by atoms with Gasteiger partial charge >= 0.3 is 0 Å². The maximum Gasteiger partial charge on any atom is 0.251 e. The summed E-state index contributed by atoms with van der Waals surface area (Å²) in [7, 11) is 0. The van der Waals surface area contributed by atoms with E-state index in [1.54, 1.807) is 17.4 Å². The number of fused-ring (bicyclic) bond motifs is 1. The summed E-state index contributed by atoms with van der Waals surface area (Å²) in [5.41, 5.74) is 2.60. The van der Waals surface area contributed by atoms with Gasteiger partial charge in [-0.1, -0.05) is 0 Å². The number of rotatable bonds is 3. The van der Waals surface area contributed by atoms with Crippen LogP contribution in [0.4, 0.5) is 0 Å². The van der Waals surface area contributed by atoms with Crippen molar-refractivity contribution in [2.75, 3.05) is 0 Å². The molecule has 1 aliphatic rings. The topological polar surface area (TPSA) is 51.2 Å². The summed E-state index contributed by atoms with van der Waals surface area (Å²) in [6, 6.07) is 3.70. The van der Waals surface area contributed by atoms with Crippen molar-refractivity contribution in [2.24, 2.45) is 0 Å². The lowest BCUT2D eigenvalue weighted by Gasteiger charge is -2.08. The van der Waals surface area contributed by atoms with Gasteiger partial charge in [-0.3, -0.25) is 4.79 Å². The molecule has 0 aliphatic carbocycles. The van der Waals surface area contributed by atoms with Crippen LogP contribution in [0.15, 0.2) is 22.0 Å². The molecule has 19 heavy (non-hydrogen) atoms. The first-order valence-electron chi connectivity index (χ1n) is 5.78. The van der Waals surface area contributed by atoms with Gasteiger partial charge in [-0.2, -0.15) is 0 Å². The Morgan fingerprint density at radius 2 is 2.37 bits per heavy atom. The number of hydrogen-bond donors (Lipinski definition) is 1. The van der Waals surface area contributed by atoms with E-state index in [9.17, 15) is 4.79 Å². The molecule has 0 radical (unpaired) electrons. The molecule has 1 aromatic carbocycles. The molecule has 1 N–H and O–H groups in total. The molecule has 1 aliphatic heterocycles. The van der Waals surface area contributed by atoms with Crippen molar-refractivity contribution in [3.05, 3.63) is 43.8 Å². The number of nitrogens with one attached hydrogen (secondary N) is 1. The number of hydrogen-bond acceptors (Lipinski definition) is 4. The fourth-order valence-corrected chi connectivity index (χ4v) is 3.02. The van der Waals surface area contributed by atoms with Crippen LogP contribution in [-0.4, -0.2) is 10.9 Å². The monoisotopic (exact) mass is 338 g/mol. The Morgan fingerprint density at radius 1 is 1.53 bits per heavy atom. The number of nitrogens with zero attached hydrogens (tertiary/aromatic N) is 1. The number of ether oxygens (including phenoxy) is 1. The van der Waals surface area contributed by atoms with E-state index in [1.807, 2.05) is 18.4 Å². The zero-order chi connectivity index (χ0) is 13.4. The van der Waals surface area contributed by atoms with Crippen molar-refractivity contribution in [3.63, 3.8) is 0 Å². The quantitative estimate of drug-likeness (QED) is 0.935. The molecule has 0 unspecified atom stereocenters. The average Bonchev–Trinajstić information content (AvgIpc) is 2.94. The third-order valence-electron chi connectivity index (χ3n) is 2.88. The normalized spacial score (nSPS) is 13.3. The van der Waals surface area contributed by atoms with E-state index in [0.29, 0.717) is 18.7 Å². The highest BCUT2D eigenvalue weighted by molar-refractivity contribution is 9.10. The summed E-state index contributed by atoms with van der Waals surface area (Å²) in [6.45, 7) is 2.97. The number of halogens is 1. The van der Waals surface area contributed by atoms with Gasteiger partial charge < -0.3 is 10.1 Å². The van der Waals surface area contributed by atoms with Gasteiger partial charge in [0, 0.05) is 17.5 Å². The Labute approximate surface area is 122 Å². The van der Waals surface area contributed by atoms with Gasteiger partial charge in [0.15, 0.2) is 0 Å². The van der Waals surface area contributed by atoms with Crippen LogP contribution in [-0.2, 0) is 13.2 Å². The Hall–Kier alpha value is -1.40. The highest BCUT2D eigenvalue weighted by atomic mass is 79.9. The average molecular weight is 339 g/mol. The van der Waals surface area contributed by atoms with Crippen LogP contribution in [0.25, 0.3) is 0 Å². The van der Waals surface area contributed by atoms with Crippen LogP contribution in [0, 0.1) is 6.92 Å². The summed E-state index contributed by atoms with van der Waals surface area (Å²) in [5, 5.41) is 5.81. The minimum absolute atomic E-state index is 0.0302. The lowest BCUT2D eigenvalue weighted by atomic mass is 10.1. The van der Waals surface area contributed by atoms with E-state index in [4.69, 9.17) is 4.74 Å². The maximum atomic E-state index is 11.5. The second-order valence-electron chi connectivity index (χ2n) is 4.27. The molecular weight excluding hydrogens is 328 g/mol. The first kappa shape index (κ1) is 12.6. The zero-order valence-corrected chi connectivity index (χ0v) is 12.6. The number of thiazole rings is 1. The number of aromatic nitrogens is 1. The molecule has 1 aromatic heterocycles. The molecule has 6 heteroatoms. The van der Waals surface area contributed by atoms with Crippen LogP contribution >= 0.6 is 27.3 Å². The number of benzene rings is 1. The first-order valence-corrected chi connectivity index (χ1v) is 7.45. The molecule has 98 valence electrons. The van der Waals surface area contributed by atoms with E-state index < -0.39 is 0 Å². The van der Waals surface area contributed by atoms with Crippen molar-refractivity contribution < 1.29 is 9.53 Å². The van der Waals surface area contributed by atoms with E-state index in [0.717, 1.165) is 26.5 Å². The fourth-order valence-electron chi connectivity index (χ4n) is 1.96. The lowest BCUT2D eigenvalue weighted by Crippen LogP contribution is -2.12. The summed E-state index contributed by atoms with van der Waals surface area (Å²) in [4.78, 5) is 15.9. The minimum atomic E-state index is -0.0302. The number of carbonyl (C=O) groups excluding carboxylic acids is 1. The molecule has 0 atom stereocenters. The van der Waals surface area contributed by atoms with Gasteiger partial charge in [0.2, 0.25) is 0 Å². The predicted molar refractivity (Wildman–Crippen MR) is 76.5 cm³/mol. The van der Waals surface area contributed by atoms with Crippen LogP contribution < -0.4 is 10.1 Å². The van der Waals surface area contributed by atoms with Crippen LogP contribution in [0.5, 0.6) is 5.75 Å². The predicted octanol–water partition coefficient (Wildman–Crippen LogP) is 3.04. The fraction of sp³-hybridized carbons (Fsp3) is 0.231. The highest BCUT2D eigenvalue weighted by Crippen LogP contribution is 2.31. The largest absolute Gasteiger partial charge is 0.486 e. The summed E-state index contributed by atoms with van der Waals surface area (Å²) < 4.78 is 6.54. The summed E-state index contributed by atoms with van der Waals surface area (Å²) in [6.07, 6.45) is 0. The van der Waals surface area contributed by atoms with Crippen LogP contribution in [0.1, 0.15) is 26.6 Å². The van der Waals surface area contributed by atoms with Gasteiger partial charge in [0.25, 0.3) is 5.91 Å². The van der Waals surface area contributed by atoms with E-state index >= 15 is 0 Å². The second-order valence-corrected chi connectivity index (χ2v) is 6.19. The third-order valence-corrected chi connectivity index (χ3v) is 4.33. The van der Waals surface area contributed by atoms with Crippen LogP contribution in [0.2, 0.25) is 0 Å². The number of amides is 1. The third kappa shape index (κ3) is 2.50. The van der Waals surface area contributed by atoms with Crippen molar-refractivity contribution in [1.82, 2.24) is 10.3 Å². The van der Waals surface area contributed by atoms with Gasteiger partial charge in [-0.05, 0) is 40.5 Å². The van der Waals surface area contributed by atoms with Crippen molar-refractivity contribution in [2.45, 2.75) is 20.1 Å². The first-order chi connectivity index (χ1) is 9.13. The summed E-state index contributed by atoms with van der Waals surface area (Å²) >= 11 is 5.04. The Bertz CT molecular complexity index is 654. The molecule has 0 spiro atoms. The minimum Gasteiger partial charge on any atom is -0.486 e. The summed E-state index contributed by atoms with van der Waals surface area (Å²) in [5.74, 6) is 0.707. The number of aryl methyl sites for hydroxylation is 1. The zero-order valence-electron chi connectivity index (χ0n) is 10.2. The number of carbonyl (C=O) groups is 1. The standard InChI is InChI=1S/C13H11BrN2O2S/c1-7-16-9(6-19-7)5-18-12-2-8-4-15-13(17)10(8)3-11(12)14/h2-3,6H,4-5H2,1H3,(H,15,17). The molecule has 3 rings (SSSR count). The maximum absolute atomic E-state index is 11.5. The second kappa shape index (κ2) is 4.94. The van der Waals surface area contributed by atoms with Gasteiger partial charge in [-0.25, -0.2) is 4.98 Å². The van der Waals surface area contributed by atoms with E-state index in [1.165, 1.54) is 0 Å².